The van der Waals surface area contributed by atoms with E-state index in [1.165, 1.54) is 0 Å². The highest BCUT2D eigenvalue weighted by atomic mass is 32.2. The Labute approximate surface area is 232 Å². The molecule has 3 aromatic rings. The number of imidazole rings is 1. The van der Waals surface area contributed by atoms with Crippen molar-refractivity contribution in [1.82, 2.24) is 23.8 Å². The summed E-state index contributed by atoms with van der Waals surface area (Å²) >= 11 is 0. The van der Waals surface area contributed by atoms with Crippen molar-refractivity contribution in [2.24, 2.45) is 0 Å². The molecule has 39 heavy (non-hydrogen) atoms. The van der Waals surface area contributed by atoms with Crippen molar-refractivity contribution < 1.29 is 17.9 Å². The zero-order valence-corrected chi connectivity index (χ0v) is 25.2. The van der Waals surface area contributed by atoms with Gasteiger partial charge in [-0.3, -0.25) is 9.55 Å². The Hall–Kier alpha value is -3.00. The van der Waals surface area contributed by atoms with E-state index in [2.05, 4.69) is 39.1 Å². The van der Waals surface area contributed by atoms with Crippen molar-refractivity contribution in [3.63, 3.8) is 0 Å². The molecular weight excluding hydrogens is 534 g/mol. The second-order valence-corrected chi connectivity index (χ2v) is 18.6. The zero-order chi connectivity index (χ0) is 28.2. The fraction of sp³-hybridized carbons (Fsp3) is 0.500. The molecule has 1 aliphatic rings. The number of rotatable bonds is 11. The minimum Gasteiger partial charge on any atom is -0.492 e. The molecular formula is C26H39N7O4SSi. The van der Waals surface area contributed by atoms with Gasteiger partial charge in [-0.25, -0.2) is 18.4 Å². The average Bonchev–Trinajstić information content (AvgIpc) is 3.30. The van der Waals surface area contributed by atoms with Crippen LogP contribution in [0.4, 0.5) is 11.8 Å². The number of hydrogen-bond donors (Lipinski definition) is 1. The van der Waals surface area contributed by atoms with Crippen LogP contribution in [0.15, 0.2) is 36.8 Å². The third-order valence-corrected chi connectivity index (χ3v) is 10.4. The number of ether oxygens (including phenoxy) is 2. The smallest absolute Gasteiger partial charge is 0.213 e. The van der Waals surface area contributed by atoms with Crippen LogP contribution in [-0.2, 0) is 21.5 Å². The van der Waals surface area contributed by atoms with E-state index in [4.69, 9.17) is 20.2 Å². The highest BCUT2D eigenvalue weighted by molar-refractivity contribution is 7.89. The number of nitrogens with two attached hydrogens (primary N) is 1. The van der Waals surface area contributed by atoms with E-state index in [9.17, 15) is 8.42 Å². The van der Waals surface area contributed by atoms with Crippen LogP contribution in [0.5, 0.6) is 5.75 Å². The van der Waals surface area contributed by atoms with Crippen molar-refractivity contribution in [2.75, 3.05) is 56.3 Å². The number of pyridine rings is 2. The van der Waals surface area contributed by atoms with Crippen LogP contribution in [0, 0.1) is 0 Å². The molecule has 0 bridgehead atoms. The maximum atomic E-state index is 12.5. The van der Waals surface area contributed by atoms with Gasteiger partial charge in [-0.15, -0.1) is 0 Å². The lowest BCUT2D eigenvalue weighted by Gasteiger charge is -2.34. The molecule has 11 nitrogen and oxygen atoms in total. The lowest BCUT2D eigenvalue weighted by Crippen LogP contribution is -2.49. The minimum atomic E-state index is -3.26. The second-order valence-electron chi connectivity index (χ2n) is 10.7. The van der Waals surface area contributed by atoms with Crippen LogP contribution in [0.3, 0.4) is 0 Å². The number of anilines is 2. The number of piperazine rings is 1. The molecule has 0 aliphatic carbocycles. The summed E-state index contributed by atoms with van der Waals surface area (Å²) in [5, 5.41) is 0. The lowest BCUT2D eigenvalue weighted by atomic mass is 10.1. The van der Waals surface area contributed by atoms with Crippen molar-refractivity contribution >= 4 is 29.9 Å². The molecule has 3 aromatic heterocycles. The Bertz CT molecular complexity index is 1370. The predicted octanol–water partition coefficient (Wildman–Crippen LogP) is 3.38. The number of sulfonamides is 1. The SMILES string of the molecule is CCS(=O)(=O)N1CCN(c2nc(-c3ccnc(N)c3OC)c(-c3ccncc3)n2COCC[Si](C)(C)C)CC1. The Morgan fingerprint density at radius 3 is 2.36 bits per heavy atom. The van der Waals surface area contributed by atoms with Crippen molar-refractivity contribution in [2.45, 2.75) is 39.3 Å². The summed E-state index contributed by atoms with van der Waals surface area (Å²) in [5.74, 6) is 1.52. The molecule has 0 saturated carbocycles. The van der Waals surface area contributed by atoms with E-state index >= 15 is 0 Å². The number of nitrogens with zero attached hydrogens (tertiary/aromatic N) is 6. The number of methoxy groups -OCH3 is 1. The summed E-state index contributed by atoms with van der Waals surface area (Å²) < 4.78 is 40.5. The Kier molecular flexibility index (Phi) is 8.94. The molecule has 1 aliphatic heterocycles. The van der Waals surface area contributed by atoms with E-state index in [1.54, 1.807) is 36.9 Å². The van der Waals surface area contributed by atoms with E-state index in [0.717, 1.165) is 17.3 Å². The largest absolute Gasteiger partial charge is 0.492 e. The van der Waals surface area contributed by atoms with E-state index in [-0.39, 0.29) is 11.6 Å². The van der Waals surface area contributed by atoms with E-state index in [0.29, 0.717) is 62.5 Å². The summed E-state index contributed by atoms with van der Waals surface area (Å²) in [6, 6.07) is 6.75. The molecule has 212 valence electrons. The number of aromatic nitrogens is 4. The van der Waals surface area contributed by atoms with Crippen molar-refractivity contribution in [3.8, 4) is 28.3 Å². The molecule has 2 N–H and O–H groups in total. The van der Waals surface area contributed by atoms with Gasteiger partial charge in [0.2, 0.25) is 16.0 Å². The van der Waals surface area contributed by atoms with Gasteiger partial charge in [-0.05, 0) is 31.2 Å². The molecule has 0 unspecified atom stereocenters. The number of nitrogen functional groups attached to an aromatic ring is 1. The van der Waals surface area contributed by atoms with Crippen LogP contribution >= 0.6 is 0 Å². The summed E-state index contributed by atoms with van der Waals surface area (Å²) in [6.07, 6.45) is 5.13. The first-order valence-corrected chi connectivity index (χ1v) is 18.5. The molecule has 4 rings (SSSR count). The van der Waals surface area contributed by atoms with Crippen molar-refractivity contribution in [1.29, 1.82) is 0 Å². The summed E-state index contributed by atoms with van der Waals surface area (Å²) in [4.78, 5) is 15.7. The van der Waals surface area contributed by atoms with Gasteiger partial charge < -0.3 is 20.1 Å². The monoisotopic (exact) mass is 573 g/mol. The molecule has 13 heteroatoms. The molecule has 0 atom stereocenters. The van der Waals surface area contributed by atoms with Crippen LogP contribution < -0.4 is 15.4 Å². The van der Waals surface area contributed by atoms with Gasteiger partial charge in [0.1, 0.15) is 12.4 Å². The number of hydrogen-bond acceptors (Lipinski definition) is 9. The van der Waals surface area contributed by atoms with Gasteiger partial charge in [0.25, 0.3) is 0 Å². The van der Waals surface area contributed by atoms with Crippen molar-refractivity contribution in [3.05, 3.63) is 36.8 Å². The molecule has 0 amide bonds. The standard InChI is InChI=1S/C26H39N7O4SSi/c1-6-38(34,35)32-15-13-31(14-16-32)26-30-22(21-9-12-29-25(27)24(21)36-2)23(20-7-10-28-11-8-20)33(26)19-37-17-18-39(3,4)5/h7-12H,6,13-19H2,1-5H3,(H2,27,29). The lowest BCUT2D eigenvalue weighted by molar-refractivity contribution is 0.0888. The minimum absolute atomic E-state index is 0.0894. The maximum Gasteiger partial charge on any atom is 0.213 e. The van der Waals surface area contributed by atoms with Crippen LogP contribution in [0.1, 0.15) is 6.92 Å². The predicted molar refractivity (Wildman–Crippen MR) is 157 cm³/mol. The summed E-state index contributed by atoms with van der Waals surface area (Å²) in [7, 11) is -2.98. The molecule has 0 radical (unpaired) electrons. The third-order valence-electron chi connectivity index (χ3n) is 6.79. The van der Waals surface area contributed by atoms with Gasteiger partial charge in [0.15, 0.2) is 11.6 Å². The topological polar surface area (TPSA) is 129 Å². The fourth-order valence-corrected chi connectivity index (χ4v) is 6.38. The van der Waals surface area contributed by atoms with Crippen LogP contribution in [0.25, 0.3) is 22.5 Å². The zero-order valence-electron chi connectivity index (χ0n) is 23.4. The normalized spacial score (nSPS) is 15.1. The highest BCUT2D eigenvalue weighted by Gasteiger charge is 2.31. The fourth-order valence-electron chi connectivity index (χ4n) is 4.54. The molecule has 1 saturated heterocycles. The first kappa shape index (κ1) is 29.0. The summed E-state index contributed by atoms with van der Waals surface area (Å²) in [5.41, 5.74) is 9.33. The van der Waals surface area contributed by atoms with Gasteiger partial charge in [0, 0.05) is 70.6 Å². The second kappa shape index (κ2) is 12.0. The Balaban J connectivity index is 1.82. The first-order chi connectivity index (χ1) is 18.6. The van der Waals surface area contributed by atoms with Gasteiger partial charge in [-0.2, -0.15) is 4.31 Å². The van der Waals surface area contributed by atoms with Gasteiger partial charge in [0.05, 0.1) is 18.6 Å². The molecule has 0 aromatic carbocycles. The average molecular weight is 574 g/mol. The highest BCUT2D eigenvalue weighted by Crippen LogP contribution is 2.41. The molecule has 4 heterocycles. The molecule has 1 fully saturated rings. The van der Waals surface area contributed by atoms with Gasteiger partial charge in [-0.1, -0.05) is 19.6 Å². The van der Waals surface area contributed by atoms with Gasteiger partial charge >= 0.3 is 0 Å². The quantitative estimate of drug-likeness (QED) is 0.271. The van der Waals surface area contributed by atoms with Crippen LogP contribution in [-0.4, -0.2) is 86.0 Å². The Morgan fingerprint density at radius 1 is 1.05 bits per heavy atom. The van der Waals surface area contributed by atoms with Crippen LogP contribution in [0.2, 0.25) is 25.7 Å². The van der Waals surface area contributed by atoms with E-state index < -0.39 is 18.1 Å². The first-order valence-electron chi connectivity index (χ1n) is 13.2. The maximum absolute atomic E-state index is 12.5. The van der Waals surface area contributed by atoms with E-state index in [1.807, 2.05) is 18.2 Å². The molecule has 0 spiro atoms. The Morgan fingerprint density at radius 2 is 1.74 bits per heavy atom. The third kappa shape index (κ3) is 6.60. The summed E-state index contributed by atoms with van der Waals surface area (Å²) in [6.45, 7) is 11.4.